The predicted octanol–water partition coefficient (Wildman–Crippen LogP) is 1.12. The molecule has 5 heterocycles. The van der Waals surface area contributed by atoms with E-state index < -0.39 is 5.66 Å². The van der Waals surface area contributed by atoms with Gasteiger partial charge in [0.15, 0.2) is 0 Å². The van der Waals surface area contributed by atoms with Crippen molar-refractivity contribution in [2.45, 2.75) is 32.5 Å². The molecule has 0 aliphatic carbocycles. The van der Waals surface area contributed by atoms with Gasteiger partial charge >= 0.3 is 0 Å². The Hall–Kier alpha value is -3.31. The Kier molecular flexibility index (Phi) is 4.18. The molecule has 2 aliphatic rings. The summed E-state index contributed by atoms with van der Waals surface area (Å²) in [5, 5.41) is 6.57. The molecule has 3 aromatic rings. The molecule has 1 saturated heterocycles. The summed E-state index contributed by atoms with van der Waals surface area (Å²) in [6.07, 6.45) is 1.39. The summed E-state index contributed by atoms with van der Waals surface area (Å²) in [6.45, 7) is 6.40. The molecular formula is C20H21N7O3S. The monoisotopic (exact) mass is 439 g/mol. The minimum atomic E-state index is -0.840. The normalized spacial score (nSPS) is 17.4. The molecule has 1 fully saturated rings. The second-order valence-electron chi connectivity index (χ2n) is 8.39. The first-order valence-electron chi connectivity index (χ1n) is 9.82. The Morgan fingerprint density at radius 3 is 2.74 bits per heavy atom. The minimum absolute atomic E-state index is 0.0250. The summed E-state index contributed by atoms with van der Waals surface area (Å²) in [6, 6.07) is 3.40. The number of aryl methyl sites for hydroxylation is 1. The molecule has 5 rings (SSSR count). The lowest BCUT2D eigenvalue weighted by Crippen LogP contribution is -2.57. The molecule has 0 bridgehead atoms. The van der Waals surface area contributed by atoms with Crippen molar-refractivity contribution in [1.82, 2.24) is 24.8 Å². The number of nitrogens with zero attached hydrogens (tertiary/aromatic N) is 4. The van der Waals surface area contributed by atoms with Gasteiger partial charge < -0.3 is 21.3 Å². The number of carbonyl (C=O) groups excluding carboxylic acids is 2. The zero-order valence-electron chi connectivity index (χ0n) is 17.2. The van der Waals surface area contributed by atoms with Crippen molar-refractivity contribution in [3.05, 3.63) is 44.9 Å². The van der Waals surface area contributed by atoms with E-state index in [1.54, 1.807) is 37.8 Å². The van der Waals surface area contributed by atoms with Gasteiger partial charge in [0.05, 0.1) is 10.3 Å². The van der Waals surface area contributed by atoms with Gasteiger partial charge in [-0.2, -0.15) is 0 Å². The third-order valence-corrected chi connectivity index (χ3v) is 6.61. The van der Waals surface area contributed by atoms with Crippen LogP contribution in [0.25, 0.3) is 10.2 Å². The summed E-state index contributed by atoms with van der Waals surface area (Å²) in [5.74, 6) is 0.0606. The number of hydrogen-bond acceptors (Lipinski definition) is 8. The first-order chi connectivity index (χ1) is 14.7. The summed E-state index contributed by atoms with van der Waals surface area (Å²) >= 11 is 1.28. The Bertz CT molecular complexity index is 1320. The van der Waals surface area contributed by atoms with Crippen LogP contribution in [0.4, 0.5) is 11.5 Å². The van der Waals surface area contributed by atoms with E-state index in [1.807, 2.05) is 0 Å². The predicted molar refractivity (Wildman–Crippen MR) is 117 cm³/mol. The number of pyridine rings is 1. The quantitative estimate of drug-likeness (QED) is 0.556. The Morgan fingerprint density at radius 1 is 1.29 bits per heavy atom. The van der Waals surface area contributed by atoms with E-state index in [1.165, 1.54) is 22.2 Å². The van der Waals surface area contributed by atoms with Crippen LogP contribution >= 0.6 is 11.3 Å². The molecule has 3 aromatic heterocycles. The smallest absolute Gasteiger partial charge is 0.276 e. The lowest BCUT2D eigenvalue weighted by molar-refractivity contribution is 0.0613. The lowest BCUT2D eigenvalue weighted by Gasteiger charge is -2.36. The maximum atomic E-state index is 13.2. The van der Waals surface area contributed by atoms with E-state index in [-0.39, 0.29) is 23.4 Å². The van der Waals surface area contributed by atoms with Gasteiger partial charge in [-0.1, -0.05) is 0 Å². The number of anilines is 2. The maximum Gasteiger partial charge on any atom is 0.276 e. The van der Waals surface area contributed by atoms with E-state index in [0.717, 1.165) is 0 Å². The highest BCUT2D eigenvalue weighted by molar-refractivity contribution is 7.20. The molecule has 31 heavy (non-hydrogen) atoms. The lowest BCUT2D eigenvalue weighted by atomic mass is 10.1. The number of nitrogens with one attached hydrogen (secondary N) is 2. The van der Waals surface area contributed by atoms with Gasteiger partial charge in [-0.05, 0) is 38.5 Å². The molecule has 11 heteroatoms. The molecule has 160 valence electrons. The van der Waals surface area contributed by atoms with Gasteiger partial charge in [-0.25, -0.2) is 9.97 Å². The molecule has 0 aromatic carbocycles. The highest BCUT2D eigenvalue weighted by Crippen LogP contribution is 2.32. The van der Waals surface area contributed by atoms with Gasteiger partial charge in [0.1, 0.15) is 34.0 Å². The molecule has 4 N–H and O–H groups in total. The van der Waals surface area contributed by atoms with Gasteiger partial charge in [-0.3, -0.25) is 19.0 Å². The first-order valence-corrected chi connectivity index (χ1v) is 10.6. The average Bonchev–Trinajstić information content (AvgIpc) is 3.21. The van der Waals surface area contributed by atoms with Crippen LogP contribution in [0.15, 0.2) is 23.3 Å². The minimum Gasteiger partial charge on any atom is -0.335 e. The molecular weight excluding hydrogens is 418 g/mol. The number of likely N-dealkylation sites (tertiary alicyclic amines) is 1. The van der Waals surface area contributed by atoms with Crippen LogP contribution in [0.3, 0.4) is 0 Å². The largest absolute Gasteiger partial charge is 0.335 e. The standard InChI is InChI=1S/C20H21N7O3S/c1-9-4-12(18(29)27-14(9)16(28)25-20(27,2)3)24-15-11-5-13(31-17(11)23-8-22-15)19(30)26-6-10(21)7-26/h4-5,8,10H,6-7,21H2,1-3H3,(H,25,28)(H,22,23,24). The van der Waals surface area contributed by atoms with Crippen LogP contribution in [0.2, 0.25) is 0 Å². The summed E-state index contributed by atoms with van der Waals surface area (Å²) in [4.78, 5) is 49.6. The number of aromatic nitrogens is 3. The van der Waals surface area contributed by atoms with E-state index in [0.29, 0.717) is 50.9 Å². The summed E-state index contributed by atoms with van der Waals surface area (Å²) in [7, 11) is 0. The topological polar surface area (TPSA) is 135 Å². The van der Waals surface area contributed by atoms with Crippen LogP contribution in [0.5, 0.6) is 0 Å². The molecule has 0 atom stereocenters. The number of nitrogens with two attached hydrogens (primary N) is 1. The third kappa shape index (κ3) is 3.00. The highest BCUT2D eigenvalue weighted by Gasteiger charge is 2.37. The van der Waals surface area contributed by atoms with Gasteiger partial charge in [0, 0.05) is 19.1 Å². The van der Waals surface area contributed by atoms with Crippen molar-refractivity contribution in [2.75, 3.05) is 18.4 Å². The van der Waals surface area contributed by atoms with Crippen LogP contribution < -0.4 is 21.9 Å². The number of rotatable bonds is 3. The van der Waals surface area contributed by atoms with Crippen molar-refractivity contribution in [3.8, 4) is 0 Å². The fourth-order valence-corrected chi connectivity index (χ4v) is 5.03. The van der Waals surface area contributed by atoms with E-state index in [4.69, 9.17) is 5.73 Å². The molecule has 0 saturated carbocycles. The Labute approximate surface area is 181 Å². The van der Waals surface area contributed by atoms with Gasteiger partial charge in [-0.15, -0.1) is 11.3 Å². The highest BCUT2D eigenvalue weighted by atomic mass is 32.1. The van der Waals surface area contributed by atoms with Crippen LogP contribution in [-0.4, -0.2) is 50.4 Å². The van der Waals surface area contributed by atoms with Gasteiger partial charge in [0.25, 0.3) is 17.4 Å². The van der Waals surface area contributed by atoms with Crippen molar-refractivity contribution in [1.29, 1.82) is 0 Å². The van der Waals surface area contributed by atoms with Crippen LogP contribution in [-0.2, 0) is 5.66 Å². The Morgan fingerprint density at radius 2 is 2.03 bits per heavy atom. The van der Waals surface area contributed by atoms with E-state index in [2.05, 4.69) is 20.6 Å². The number of fused-ring (bicyclic) bond motifs is 2. The molecule has 10 nitrogen and oxygen atoms in total. The number of carbonyl (C=O) groups is 2. The average molecular weight is 440 g/mol. The fraction of sp³-hybridized carbons (Fsp3) is 0.350. The van der Waals surface area contributed by atoms with Crippen molar-refractivity contribution in [2.24, 2.45) is 5.73 Å². The fourth-order valence-electron chi connectivity index (χ4n) is 4.06. The van der Waals surface area contributed by atoms with Crippen LogP contribution in [0.1, 0.15) is 39.6 Å². The Balaban J connectivity index is 1.55. The molecule has 2 aliphatic heterocycles. The SMILES string of the molecule is Cc1cc(Nc2ncnc3sc(C(=O)N4CC(N)C4)cc23)c(=O)n2c1C(=O)NC2(C)C. The number of amides is 2. The summed E-state index contributed by atoms with van der Waals surface area (Å²) < 4.78 is 1.46. The second kappa shape index (κ2) is 6.59. The van der Waals surface area contributed by atoms with Crippen LogP contribution in [0, 0.1) is 6.92 Å². The number of thiophene rings is 1. The molecule has 2 amide bonds. The van der Waals surface area contributed by atoms with Crippen molar-refractivity contribution < 1.29 is 9.59 Å². The summed E-state index contributed by atoms with van der Waals surface area (Å²) in [5.41, 5.74) is 5.92. The van der Waals surface area contributed by atoms with E-state index >= 15 is 0 Å². The van der Waals surface area contributed by atoms with Crippen molar-refractivity contribution in [3.63, 3.8) is 0 Å². The molecule has 0 unspecified atom stereocenters. The molecule has 0 spiro atoms. The zero-order chi connectivity index (χ0) is 22.1. The maximum absolute atomic E-state index is 13.2. The zero-order valence-corrected chi connectivity index (χ0v) is 18.0. The third-order valence-electron chi connectivity index (χ3n) is 5.58. The number of hydrogen-bond donors (Lipinski definition) is 3. The van der Waals surface area contributed by atoms with Gasteiger partial charge in [0.2, 0.25) is 0 Å². The van der Waals surface area contributed by atoms with E-state index in [9.17, 15) is 14.4 Å². The first kappa shape index (κ1) is 19.6. The molecule has 0 radical (unpaired) electrons. The second-order valence-corrected chi connectivity index (χ2v) is 9.42. The van der Waals surface area contributed by atoms with Crippen molar-refractivity contribution >= 4 is 44.9 Å².